The van der Waals surface area contributed by atoms with Crippen molar-refractivity contribution in [2.75, 3.05) is 11.9 Å². The van der Waals surface area contributed by atoms with Crippen LogP contribution in [0.25, 0.3) is 0 Å². The van der Waals surface area contributed by atoms with Crippen molar-refractivity contribution in [3.8, 4) is 11.8 Å². The van der Waals surface area contributed by atoms with Crippen LogP contribution >= 0.6 is 0 Å². The zero-order valence-electron chi connectivity index (χ0n) is 11.7. The number of hydrogen-bond donors (Lipinski definition) is 2. The van der Waals surface area contributed by atoms with E-state index in [1.165, 1.54) is 12.1 Å². The molecule has 3 N–H and O–H groups in total. The van der Waals surface area contributed by atoms with Crippen molar-refractivity contribution in [1.82, 2.24) is 0 Å². The van der Waals surface area contributed by atoms with Crippen LogP contribution in [0.15, 0.2) is 42.5 Å². The second-order valence-electron chi connectivity index (χ2n) is 4.53. The van der Waals surface area contributed by atoms with Gasteiger partial charge in [-0.1, -0.05) is 18.2 Å². The van der Waals surface area contributed by atoms with E-state index < -0.39 is 11.7 Å². The molecule has 1 amide bonds. The SMILES string of the molecule is N#Cc1c(F)cccc1NCc1cccc(OCC(N)=O)c1. The van der Waals surface area contributed by atoms with E-state index in [2.05, 4.69) is 5.32 Å². The van der Waals surface area contributed by atoms with Gasteiger partial charge in [-0.05, 0) is 29.8 Å². The maximum atomic E-state index is 13.5. The third kappa shape index (κ3) is 3.96. The molecule has 0 aliphatic heterocycles. The molecule has 2 aromatic carbocycles. The molecule has 0 aliphatic carbocycles. The number of halogens is 1. The predicted octanol–water partition coefficient (Wildman–Crippen LogP) is 2.17. The summed E-state index contributed by atoms with van der Waals surface area (Å²) >= 11 is 0. The summed E-state index contributed by atoms with van der Waals surface area (Å²) in [6, 6.07) is 13.3. The Morgan fingerprint density at radius 3 is 2.82 bits per heavy atom. The Labute approximate surface area is 127 Å². The fourth-order valence-corrected chi connectivity index (χ4v) is 1.88. The summed E-state index contributed by atoms with van der Waals surface area (Å²) in [4.78, 5) is 10.7. The zero-order valence-corrected chi connectivity index (χ0v) is 11.7. The molecule has 22 heavy (non-hydrogen) atoms. The van der Waals surface area contributed by atoms with Crippen LogP contribution in [0, 0.1) is 17.1 Å². The highest BCUT2D eigenvalue weighted by Gasteiger charge is 2.07. The number of nitrogens with two attached hydrogens (primary N) is 1. The summed E-state index contributed by atoms with van der Waals surface area (Å²) in [5, 5.41) is 12.0. The van der Waals surface area contributed by atoms with Gasteiger partial charge in [0.1, 0.15) is 23.2 Å². The largest absolute Gasteiger partial charge is 0.484 e. The normalized spacial score (nSPS) is 9.82. The van der Waals surface area contributed by atoms with Crippen LogP contribution in [0.1, 0.15) is 11.1 Å². The molecular weight excluding hydrogens is 285 g/mol. The number of primary amides is 1. The minimum absolute atomic E-state index is 0.0244. The van der Waals surface area contributed by atoms with E-state index in [1.54, 1.807) is 24.3 Å². The molecule has 0 aromatic heterocycles. The van der Waals surface area contributed by atoms with E-state index >= 15 is 0 Å². The molecule has 0 saturated heterocycles. The molecule has 6 heteroatoms. The van der Waals surface area contributed by atoms with E-state index in [9.17, 15) is 9.18 Å². The lowest BCUT2D eigenvalue weighted by Crippen LogP contribution is -2.20. The van der Waals surface area contributed by atoms with Gasteiger partial charge in [-0.15, -0.1) is 0 Å². The summed E-state index contributed by atoms with van der Waals surface area (Å²) in [5.41, 5.74) is 6.27. The van der Waals surface area contributed by atoms with Crippen molar-refractivity contribution in [3.05, 3.63) is 59.4 Å². The number of anilines is 1. The number of ether oxygens (including phenoxy) is 1. The number of amides is 1. The van der Waals surface area contributed by atoms with E-state index in [1.807, 2.05) is 12.1 Å². The molecule has 0 atom stereocenters. The third-order valence-corrected chi connectivity index (χ3v) is 2.89. The molecule has 2 aromatic rings. The van der Waals surface area contributed by atoms with Crippen molar-refractivity contribution >= 4 is 11.6 Å². The van der Waals surface area contributed by atoms with Crippen LogP contribution in [0.4, 0.5) is 10.1 Å². The van der Waals surface area contributed by atoms with Crippen LogP contribution in [-0.4, -0.2) is 12.5 Å². The van der Waals surface area contributed by atoms with Crippen LogP contribution in [0.5, 0.6) is 5.75 Å². The first-order chi connectivity index (χ1) is 10.6. The molecular formula is C16H14FN3O2. The molecule has 0 heterocycles. The number of rotatable bonds is 6. The standard InChI is InChI=1S/C16H14FN3O2/c17-14-5-2-6-15(13(14)8-18)20-9-11-3-1-4-12(7-11)22-10-16(19)21/h1-7,20H,9-10H2,(H2,19,21). The maximum Gasteiger partial charge on any atom is 0.255 e. The Morgan fingerprint density at radius 2 is 2.09 bits per heavy atom. The smallest absolute Gasteiger partial charge is 0.255 e. The van der Waals surface area contributed by atoms with Gasteiger partial charge in [0.15, 0.2) is 6.61 Å². The lowest BCUT2D eigenvalue weighted by atomic mass is 10.1. The lowest BCUT2D eigenvalue weighted by Gasteiger charge is -2.10. The number of hydrogen-bond acceptors (Lipinski definition) is 4. The molecule has 0 bridgehead atoms. The molecule has 2 rings (SSSR count). The van der Waals surface area contributed by atoms with Gasteiger partial charge in [0.2, 0.25) is 0 Å². The number of carbonyl (C=O) groups excluding carboxylic acids is 1. The Balaban J connectivity index is 2.06. The number of carbonyl (C=O) groups is 1. The molecule has 112 valence electrons. The minimum Gasteiger partial charge on any atom is -0.484 e. The average molecular weight is 299 g/mol. The van der Waals surface area contributed by atoms with Crippen LogP contribution in [0.2, 0.25) is 0 Å². The summed E-state index contributed by atoms with van der Waals surface area (Å²) in [7, 11) is 0. The highest BCUT2D eigenvalue weighted by molar-refractivity contribution is 5.75. The van der Waals surface area contributed by atoms with Gasteiger partial charge in [0.05, 0.1) is 5.69 Å². The quantitative estimate of drug-likeness (QED) is 0.855. The molecule has 0 radical (unpaired) electrons. The number of nitriles is 1. The predicted molar refractivity (Wildman–Crippen MR) is 79.6 cm³/mol. The monoisotopic (exact) mass is 299 g/mol. The summed E-state index contributed by atoms with van der Waals surface area (Å²) in [6.45, 7) is 0.186. The molecule has 0 spiro atoms. The van der Waals surface area contributed by atoms with Gasteiger partial charge in [-0.3, -0.25) is 4.79 Å². The Morgan fingerprint density at radius 1 is 1.32 bits per heavy atom. The summed E-state index contributed by atoms with van der Waals surface area (Å²) in [6.07, 6.45) is 0. The maximum absolute atomic E-state index is 13.5. The molecule has 5 nitrogen and oxygen atoms in total. The number of benzene rings is 2. The third-order valence-electron chi connectivity index (χ3n) is 2.89. The first-order valence-electron chi connectivity index (χ1n) is 6.52. The Kier molecular flexibility index (Phi) is 4.94. The van der Waals surface area contributed by atoms with Gasteiger partial charge in [-0.2, -0.15) is 5.26 Å². The molecule has 0 aliphatic rings. The first kappa shape index (κ1) is 15.3. The second-order valence-corrected chi connectivity index (χ2v) is 4.53. The average Bonchev–Trinajstić information content (AvgIpc) is 2.51. The van der Waals surface area contributed by atoms with E-state index in [-0.39, 0.29) is 12.2 Å². The number of nitrogens with zero attached hydrogens (tertiary/aromatic N) is 1. The summed E-state index contributed by atoms with van der Waals surface area (Å²) in [5.74, 6) is -0.606. The van der Waals surface area contributed by atoms with Gasteiger partial charge < -0.3 is 15.8 Å². The van der Waals surface area contributed by atoms with Crippen LogP contribution in [-0.2, 0) is 11.3 Å². The van der Waals surface area contributed by atoms with Crippen LogP contribution in [0.3, 0.4) is 0 Å². The fraction of sp³-hybridized carbons (Fsp3) is 0.125. The van der Waals surface area contributed by atoms with Crippen molar-refractivity contribution in [2.45, 2.75) is 6.54 Å². The Hall–Kier alpha value is -3.07. The van der Waals surface area contributed by atoms with Crippen molar-refractivity contribution in [1.29, 1.82) is 5.26 Å². The van der Waals surface area contributed by atoms with E-state index in [4.69, 9.17) is 15.7 Å². The topological polar surface area (TPSA) is 88.1 Å². The van der Waals surface area contributed by atoms with Crippen molar-refractivity contribution in [3.63, 3.8) is 0 Å². The minimum atomic E-state index is -0.564. The van der Waals surface area contributed by atoms with Gasteiger partial charge in [-0.25, -0.2) is 4.39 Å². The van der Waals surface area contributed by atoms with Gasteiger partial charge >= 0.3 is 0 Å². The van der Waals surface area contributed by atoms with Crippen molar-refractivity contribution in [2.24, 2.45) is 5.73 Å². The first-order valence-corrected chi connectivity index (χ1v) is 6.52. The fourth-order valence-electron chi connectivity index (χ4n) is 1.88. The Bertz CT molecular complexity index is 726. The molecule has 0 saturated carbocycles. The van der Waals surface area contributed by atoms with Gasteiger partial charge in [0, 0.05) is 6.54 Å². The van der Waals surface area contributed by atoms with Crippen molar-refractivity contribution < 1.29 is 13.9 Å². The van der Waals surface area contributed by atoms with E-state index in [0.717, 1.165) is 5.56 Å². The van der Waals surface area contributed by atoms with Crippen LogP contribution < -0.4 is 15.8 Å². The number of nitrogens with one attached hydrogen (secondary N) is 1. The highest BCUT2D eigenvalue weighted by Crippen LogP contribution is 2.20. The molecule has 0 fully saturated rings. The van der Waals surface area contributed by atoms with Gasteiger partial charge in [0.25, 0.3) is 5.91 Å². The van der Waals surface area contributed by atoms with E-state index in [0.29, 0.717) is 18.0 Å². The highest BCUT2D eigenvalue weighted by atomic mass is 19.1. The zero-order chi connectivity index (χ0) is 15.9. The second kappa shape index (κ2) is 7.09. The summed E-state index contributed by atoms with van der Waals surface area (Å²) < 4.78 is 18.7. The molecule has 0 unspecified atom stereocenters. The lowest BCUT2D eigenvalue weighted by molar-refractivity contribution is -0.119.